The topological polar surface area (TPSA) is 55.2 Å². The van der Waals surface area contributed by atoms with Crippen LogP contribution < -0.4 is 4.74 Å². The number of aromatic nitrogens is 3. The second-order valence-corrected chi connectivity index (χ2v) is 6.04. The van der Waals surface area contributed by atoms with Crippen LogP contribution in [-0.4, -0.2) is 27.7 Å². The average Bonchev–Trinajstić information content (AvgIpc) is 2.97. The van der Waals surface area contributed by atoms with E-state index in [1.54, 1.807) is 10.9 Å². The standard InChI is InChI=1S/C18H26N4OS/c1-3-5-6-7-10-13-23-16-12-9-8-11-15(16)14-19-22-17(4-2)20-21-18(22)24/h8-9,11-12,14H,3-7,10,13H2,1-2H3,(H,21,24)/b19-14-. The molecule has 0 radical (unpaired) electrons. The molecular formula is C18H26N4OS. The van der Waals surface area contributed by atoms with Crippen molar-refractivity contribution in [2.75, 3.05) is 6.61 Å². The highest BCUT2D eigenvalue weighted by Gasteiger charge is 2.04. The van der Waals surface area contributed by atoms with Gasteiger partial charge in [0.25, 0.3) is 0 Å². The first kappa shape index (κ1) is 18.4. The highest BCUT2D eigenvalue weighted by atomic mass is 32.1. The van der Waals surface area contributed by atoms with E-state index in [1.807, 2.05) is 31.2 Å². The van der Waals surface area contributed by atoms with E-state index in [4.69, 9.17) is 17.0 Å². The van der Waals surface area contributed by atoms with E-state index in [9.17, 15) is 0 Å². The number of aromatic amines is 1. The lowest BCUT2D eigenvalue weighted by Gasteiger charge is -2.08. The molecule has 1 N–H and O–H groups in total. The summed E-state index contributed by atoms with van der Waals surface area (Å²) >= 11 is 5.21. The Hall–Kier alpha value is -1.95. The Balaban J connectivity index is 1.99. The molecule has 130 valence electrons. The maximum atomic E-state index is 5.92. The van der Waals surface area contributed by atoms with Crippen LogP contribution in [0, 0.1) is 4.77 Å². The van der Waals surface area contributed by atoms with Gasteiger partial charge in [0.1, 0.15) is 5.75 Å². The number of hydrogen-bond donors (Lipinski definition) is 1. The van der Waals surface area contributed by atoms with E-state index in [0.717, 1.165) is 36.6 Å². The third kappa shape index (κ3) is 5.30. The minimum atomic E-state index is 0.498. The van der Waals surface area contributed by atoms with Gasteiger partial charge >= 0.3 is 0 Å². The number of aryl methyl sites for hydroxylation is 1. The molecule has 2 aromatic rings. The number of unbranched alkanes of at least 4 members (excludes halogenated alkanes) is 4. The first-order chi connectivity index (χ1) is 11.8. The fraction of sp³-hybridized carbons (Fsp3) is 0.500. The van der Waals surface area contributed by atoms with Crippen molar-refractivity contribution < 1.29 is 4.74 Å². The Morgan fingerprint density at radius 2 is 2.00 bits per heavy atom. The third-order valence-electron chi connectivity index (χ3n) is 3.77. The molecule has 6 heteroatoms. The molecule has 5 nitrogen and oxygen atoms in total. The summed E-state index contributed by atoms with van der Waals surface area (Å²) in [5, 5.41) is 11.4. The Kier molecular flexibility index (Phi) is 7.68. The Morgan fingerprint density at radius 1 is 1.21 bits per heavy atom. The van der Waals surface area contributed by atoms with E-state index in [1.165, 1.54) is 25.7 Å². The molecule has 0 atom stereocenters. The predicted molar refractivity (Wildman–Crippen MR) is 100 cm³/mol. The summed E-state index contributed by atoms with van der Waals surface area (Å²) in [7, 11) is 0. The zero-order valence-corrected chi connectivity index (χ0v) is 15.3. The zero-order valence-electron chi connectivity index (χ0n) is 14.5. The maximum absolute atomic E-state index is 5.92. The van der Waals surface area contributed by atoms with Crippen LogP contribution >= 0.6 is 12.2 Å². The summed E-state index contributed by atoms with van der Waals surface area (Å²) in [4.78, 5) is 0. The number of nitrogens with one attached hydrogen (secondary N) is 1. The SMILES string of the molecule is CCCCCCCOc1ccccc1/C=N\n1c(CC)n[nH]c1=S. The average molecular weight is 347 g/mol. The second-order valence-electron chi connectivity index (χ2n) is 5.66. The lowest BCUT2D eigenvalue weighted by molar-refractivity contribution is 0.304. The van der Waals surface area contributed by atoms with Gasteiger partial charge < -0.3 is 4.74 Å². The molecule has 0 saturated heterocycles. The van der Waals surface area contributed by atoms with Crippen LogP contribution in [-0.2, 0) is 6.42 Å². The van der Waals surface area contributed by atoms with E-state index in [-0.39, 0.29) is 0 Å². The first-order valence-electron chi connectivity index (χ1n) is 8.68. The van der Waals surface area contributed by atoms with Gasteiger partial charge in [0.05, 0.1) is 12.8 Å². The fourth-order valence-corrected chi connectivity index (χ4v) is 2.60. The Labute approximate surface area is 148 Å². The molecule has 0 aliphatic heterocycles. The van der Waals surface area contributed by atoms with Crippen molar-refractivity contribution in [1.29, 1.82) is 0 Å². The maximum Gasteiger partial charge on any atom is 0.216 e. The summed E-state index contributed by atoms with van der Waals surface area (Å²) in [5.41, 5.74) is 0.941. The normalized spacial score (nSPS) is 11.2. The van der Waals surface area contributed by atoms with E-state index in [0.29, 0.717) is 4.77 Å². The molecule has 0 aliphatic carbocycles. The zero-order chi connectivity index (χ0) is 17.2. The minimum Gasteiger partial charge on any atom is -0.493 e. The van der Waals surface area contributed by atoms with Crippen LogP contribution in [0.25, 0.3) is 0 Å². The van der Waals surface area contributed by atoms with Crippen molar-refractivity contribution in [3.05, 3.63) is 40.4 Å². The van der Waals surface area contributed by atoms with Gasteiger partial charge in [0, 0.05) is 12.0 Å². The molecule has 0 aliphatic rings. The quantitative estimate of drug-likeness (QED) is 0.384. The molecule has 0 unspecified atom stereocenters. The molecule has 1 aromatic heterocycles. The van der Waals surface area contributed by atoms with Crippen molar-refractivity contribution in [1.82, 2.24) is 14.9 Å². The predicted octanol–water partition coefficient (Wildman–Crippen LogP) is 4.73. The molecular weight excluding hydrogens is 320 g/mol. The van der Waals surface area contributed by atoms with Crippen LogP contribution in [0.4, 0.5) is 0 Å². The van der Waals surface area contributed by atoms with E-state index in [2.05, 4.69) is 22.2 Å². The fourth-order valence-electron chi connectivity index (χ4n) is 2.40. The van der Waals surface area contributed by atoms with Crippen molar-refractivity contribution >= 4 is 18.4 Å². The third-order valence-corrected chi connectivity index (χ3v) is 4.03. The van der Waals surface area contributed by atoms with Crippen molar-refractivity contribution in [2.24, 2.45) is 5.10 Å². The number of para-hydroxylation sites is 1. The molecule has 0 bridgehead atoms. The lowest BCUT2D eigenvalue weighted by atomic mass is 10.2. The molecule has 0 fully saturated rings. The Morgan fingerprint density at radius 3 is 2.79 bits per heavy atom. The highest BCUT2D eigenvalue weighted by molar-refractivity contribution is 7.71. The molecule has 0 saturated carbocycles. The molecule has 0 amide bonds. The van der Waals surface area contributed by atoms with Crippen molar-refractivity contribution in [2.45, 2.75) is 52.4 Å². The van der Waals surface area contributed by atoms with Crippen LogP contribution in [0.2, 0.25) is 0 Å². The molecule has 24 heavy (non-hydrogen) atoms. The summed E-state index contributed by atoms with van der Waals surface area (Å²) in [6, 6.07) is 7.92. The number of benzene rings is 1. The van der Waals surface area contributed by atoms with E-state index >= 15 is 0 Å². The minimum absolute atomic E-state index is 0.498. The van der Waals surface area contributed by atoms with Gasteiger partial charge in [-0.05, 0) is 30.8 Å². The number of rotatable bonds is 10. The largest absolute Gasteiger partial charge is 0.493 e. The molecule has 1 aromatic carbocycles. The van der Waals surface area contributed by atoms with Crippen LogP contribution in [0.5, 0.6) is 5.75 Å². The summed E-state index contributed by atoms with van der Waals surface area (Å²) in [5.74, 6) is 1.66. The van der Waals surface area contributed by atoms with Crippen LogP contribution in [0.1, 0.15) is 57.3 Å². The smallest absolute Gasteiger partial charge is 0.216 e. The Bertz CT molecular complexity index is 705. The van der Waals surface area contributed by atoms with Gasteiger partial charge in [-0.2, -0.15) is 14.9 Å². The van der Waals surface area contributed by atoms with Gasteiger partial charge in [-0.1, -0.05) is 51.7 Å². The molecule has 2 rings (SSSR count). The summed E-state index contributed by atoms with van der Waals surface area (Å²) < 4.78 is 8.07. The van der Waals surface area contributed by atoms with E-state index < -0.39 is 0 Å². The van der Waals surface area contributed by atoms with Gasteiger partial charge in [-0.3, -0.25) is 5.10 Å². The first-order valence-corrected chi connectivity index (χ1v) is 9.09. The molecule has 1 heterocycles. The summed E-state index contributed by atoms with van der Waals surface area (Å²) in [6.45, 7) is 4.98. The molecule has 0 spiro atoms. The summed E-state index contributed by atoms with van der Waals surface area (Å²) in [6.07, 6.45) is 8.68. The number of hydrogen-bond acceptors (Lipinski definition) is 4. The van der Waals surface area contributed by atoms with Crippen LogP contribution in [0.15, 0.2) is 29.4 Å². The van der Waals surface area contributed by atoms with Crippen molar-refractivity contribution in [3.63, 3.8) is 0 Å². The van der Waals surface area contributed by atoms with Gasteiger partial charge in [-0.15, -0.1) is 0 Å². The van der Waals surface area contributed by atoms with Gasteiger partial charge in [0.15, 0.2) is 5.82 Å². The number of nitrogens with zero attached hydrogens (tertiary/aromatic N) is 3. The van der Waals surface area contributed by atoms with Crippen molar-refractivity contribution in [3.8, 4) is 5.75 Å². The number of ether oxygens (including phenoxy) is 1. The lowest BCUT2D eigenvalue weighted by Crippen LogP contribution is -2.01. The second kappa shape index (κ2) is 10.0. The highest BCUT2D eigenvalue weighted by Crippen LogP contribution is 2.17. The number of H-pyrrole nitrogens is 1. The monoisotopic (exact) mass is 346 g/mol. The van der Waals surface area contributed by atoms with Gasteiger partial charge in [0.2, 0.25) is 4.77 Å². The van der Waals surface area contributed by atoms with Gasteiger partial charge in [-0.25, -0.2) is 0 Å². The van der Waals surface area contributed by atoms with Crippen LogP contribution in [0.3, 0.4) is 0 Å².